The van der Waals surface area contributed by atoms with Gasteiger partial charge in [-0.3, -0.25) is 0 Å². The molecule has 2 N–H and O–H groups in total. The zero-order valence-electron chi connectivity index (χ0n) is 29.3. The van der Waals surface area contributed by atoms with Crippen LogP contribution in [0.2, 0.25) is 0 Å². The van der Waals surface area contributed by atoms with Crippen LogP contribution in [0.3, 0.4) is 0 Å². The van der Waals surface area contributed by atoms with Crippen molar-refractivity contribution in [2.24, 2.45) is 5.92 Å². The van der Waals surface area contributed by atoms with E-state index >= 15 is 4.39 Å². The summed E-state index contributed by atoms with van der Waals surface area (Å²) in [5.74, 6) is 0.333. The third-order valence-electron chi connectivity index (χ3n) is 9.41. The largest absolute Gasteiger partial charge is 0.423 e. The van der Waals surface area contributed by atoms with E-state index in [1.54, 1.807) is 32.0 Å². The predicted octanol–water partition coefficient (Wildman–Crippen LogP) is 9.44. The van der Waals surface area contributed by atoms with Gasteiger partial charge in [-0.1, -0.05) is 57.5 Å². The van der Waals surface area contributed by atoms with Crippen molar-refractivity contribution in [3.05, 3.63) is 95.3 Å². The fraction of sp³-hybridized carbons (Fsp3) is 0.429. The maximum Gasteiger partial charge on any atom is 0.338 e. The number of unbranched alkanes of at least 4 members (excludes halogenated alkanes) is 3. The van der Waals surface area contributed by atoms with Crippen molar-refractivity contribution in [3.8, 4) is 33.8 Å². The molecule has 1 aliphatic carbocycles. The summed E-state index contributed by atoms with van der Waals surface area (Å²) in [5.41, 5.74) is 5.60. The van der Waals surface area contributed by atoms with E-state index in [-0.39, 0.29) is 30.2 Å². The molecule has 0 aliphatic heterocycles. The lowest BCUT2D eigenvalue weighted by Gasteiger charge is -2.26. The second-order valence-electron chi connectivity index (χ2n) is 13.6. The summed E-state index contributed by atoms with van der Waals surface area (Å²) in [6.07, 6.45) is 8.86. The molecule has 0 unspecified atom stereocenters. The molecule has 0 aromatic heterocycles. The maximum absolute atomic E-state index is 16.1. The monoisotopic (exact) mass is 670 g/mol. The van der Waals surface area contributed by atoms with E-state index in [2.05, 4.69) is 20.1 Å². The number of rotatable bonds is 16. The van der Waals surface area contributed by atoms with Crippen LogP contribution in [0.25, 0.3) is 22.3 Å². The number of hydrogen-bond donors (Lipinski definition) is 2. The first kappa shape index (κ1) is 37.7. The van der Waals surface area contributed by atoms with Gasteiger partial charge >= 0.3 is 11.9 Å². The second kappa shape index (κ2) is 18.1. The second-order valence-corrected chi connectivity index (χ2v) is 13.6. The van der Waals surface area contributed by atoms with Crippen molar-refractivity contribution >= 4 is 11.9 Å². The van der Waals surface area contributed by atoms with Crippen LogP contribution < -0.4 is 9.47 Å². The fourth-order valence-corrected chi connectivity index (χ4v) is 6.45. The van der Waals surface area contributed by atoms with Crippen molar-refractivity contribution < 1.29 is 33.7 Å². The highest BCUT2D eigenvalue weighted by molar-refractivity contribution is 5.91. The lowest BCUT2D eigenvalue weighted by molar-refractivity contribution is -0.131. The van der Waals surface area contributed by atoms with Gasteiger partial charge in [0, 0.05) is 35.5 Å². The standard InChI is InChI=1S/C42H51FO6/c1-27(2)41(46)48-39-20-18-32(23-33(39)11-8-10-22-45)37-24-34(26-40(49-42(47)28(3)4)36(37)12-7-6-9-21-44)35-19-17-31(25-38(35)43)30-15-13-29(5)14-16-30/h17-20,23-26,29-30,44-45H,1,3,6-16,21-22H2,2,4-5H3. The van der Waals surface area contributed by atoms with E-state index in [1.165, 1.54) is 0 Å². The predicted molar refractivity (Wildman–Crippen MR) is 193 cm³/mol. The lowest BCUT2D eigenvalue weighted by Crippen LogP contribution is -2.12. The van der Waals surface area contributed by atoms with Gasteiger partial charge in [-0.05, 0) is 135 Å². The number of benzene rings is 3. The Hall–Kier alpha value is -4.07. The number of carbonyl (C=O) groups is 2. The molecule has 3 aromatic carbocycles. The van der Waals surface area contributed by atoms with Gasteiger partial charge in [0.15, 0.2) is 0 Å². The summed E-state index contributed by atoms with van der Waals surface area (Å²) in [7, 11) is 0. The van der Waals surface area contributed by atoms with E-state index in [0.717, 1.165) is 66.3 Å². The highest BCUT2D eigenvalue weighted by Gasteiger charge is 2.23. The molecule has 4 rings (SSSR count). The van der Waals surface area contributed by atoms with Gasteiger partial charge in [-0.15, -0.1) is 0 Å². The quantitative estimate of drug-likeness (QED) is 0.0683. The summed E-state index contributed by atoms with van der Waals surface area (Å²) < 4.78 is 27.7. The Morgan fingerprint density at radius 1 is 0.735 bits per heavy atom. The molecule has 0 atom stereocenters. The average Bonchev–Trinajstić information content (AvgIpc) is 3.08. The molecule has 3 aromatic rings. The van der Waals surface area contributed by atoms with Crippen LogP contribution in [0, 0.1) is 11.7 Å². The summed E-state index contributed by atoms with van der Waals surface area (Å²) in [5, 5.41) is 18.8. The summed E-state index contributed by atoms with van der Waals surface area (Å²) in [6, 6.07) is 14.7. The Kier molecular flexibility index (Phi) is 13.9. The Bertz CT molecular complexity index is 1650. The molecule has 49 heavy (non-hydrogen) atoms. The Morgan fingerprint density at radius 3 is 2.00 bits per heavy atom. The van der Waals surface area contributed by atoms with Crippen LogP contribution >= 0.6 is 0 Å². The number of ether oxygens (including phenoxy) is 2. The molecule has 1 saturated carbocycles. The maximum atomic E-state index is 16.1. The third-order valence-corrected chi connectivity index (χ3v) is 9.41. The summed E-state index contributed by atoms with van der Waals surface area (Å²) in [4.78, 5) is 25.4. The molecule has 0 amide bonds. The van der Waals surface area contributed by atoms with Gasteiger partial charge < -0.3 is 19.7 Å². The molecule has 0 saturated heterocycles. The van der Waals surface area contributed by atoms with Crippen LogP contribution in [-0.4, -0.2) is 35.4 Å². The smallest absolute Gasteiger partial charge is 0.338 e. The number of esters is 2. The first-order valence-corrected chi connectivity index (χ1v) is 17.6. The van der Waals surface area contributed by atoms with E-state index in [4.69, 9.17) is 9.47 Å². The molecule has 1 fully saturated rings. The van der Waals surface area contributed by atoms with Gasteiger partial charge in [0.05, 0.1) is 0 Å². The van der Waals surface area contributed by atoms with E-state index in [1.807, 2.05) is 30.3 Å². The van der Waals surface area contributed by atoms with Gasteiger partial charge in [0.2, 0.25) is 0 Å². The number of hydrogen-bond acceptors (Lipinski definition) is 6. The fourth-order valence-electron chi connectivity index (χ4n) is 6.45. The molecule has 0 spiro atoms. The minimum atomic E-state index is -0.575. The molecule has 7 heteroatoms. The topological polar surface area (TPSA) is 93.1 Å². The van der Waals surface area contributed by atoms with Gasteiger partial charge in [0.25, 0.3) is 0 Å². The summed E-state index contributed by atoms with van der Waals surface area (Å²) >= 11 is 0. The van der Waals surface area contributed by atoms with Crippen LogP contribution in [0.5, 0.6) is 11.5 Å². The molecule has 6 nitrogen and oxygen atoms in total. The molecule has 0 radical (unpaired) electrons. The molecule has 0 heterocycles. The van der Waals surface area contributed by atoms with Crippen LogP contribution in [-0.2, 0) is 22.4 Å². The van der Waals surface area contributed by atoms with E-state index in [0.29, 0.717) is 66.6 Å². The number of carbonyl (C=O) groups excluding carboxylic acids is 2. The van der Waals surface area contributed by atoms with Crippen molar-refractivity contribution in [1.82, 2.24) is 0 Å². The zero-order valence-corrected chi connectivity index (χ0v) is 29.3. The molecule has 262 valence electrons. The number of halogens is 1. The van der Waals surface area contributed by atoms with Gasteiger partial charge in [0.1, 0.15) is 17.3 Å². The first-order chi connectivity index (χ1) is 23.5. The van der Waals surface area contributed by atoms with Crippen LogP contribution in [0.4, 0.5) is 4.39 Å². The number of aryl methyl sites for hydroxylation is 1. The van der Waals surface area contributed by atoms with Gasteiger partial charge in [-0.25, -0.2) is 14.0 Å². The highest BCUT2D eigenvalue weighted by Crippen LogP contribution is 2.42. The number of aliphatic hydroxyl groups is 2. The highest BCUT2D eigenvalue weighted by atomic mass is 19.1. The average molecular weight is 671 g/mol. The molecular weight excluding hydrogens is 619 g/mol. The van der Waals surface area contributed by atoms with Gasteiger partial charge in [-0.2, -0.15) is 0 Å². The Labute approximate surface area is 290 Å². The minimum Gasteiger partial charge on any atom is -0.423 e. The minimum absolute atomic E-state index is 0.0439. The SMILES string of the molecule is C=C(C)C(=O)Oc1ccc(-c2cc(-c3ccc(C4CCC(C)CC4)cc3F)cc(OC(=O)C(=C)C)c2CCCCCO)cc1CCCCO. The van der Waals surface area contributed by atoms with Crippen molar-refractivity contribution in [1.29, 1.82) is 0 Å². The van der Waals surface area contributed by atoms with Crippen LogP contribution in [0.15, 0.2) is 72.8 Å². The lowest BCUT2D eigenvalue weighted by atomic mass is 9.79. The molecule has 0 bridgehead atoms. The normalized spacial score (nSPS) is 15.9. The van der Waals surface area contributed by atoms with Crippen molar-refractivity contribution in [3.63, 3.8) is 0 Å². The van der Waals surface area contributed by atoms with Crippen LogP contribution in [0.1, 0.15) is 101 Å². The van der Waals surface area contributed by atoms with E-state index < -0.39 is 11.9 Å². The Balaban J connectivity index is 1.88. The van der Waals surface area contributed by atoms with Crippen molar-refractivity contribution in [2.75, 3.05) is 13.2 Å². The summed E-state index contributed by atoms with van der Waals surface area (Å²) in [6.45, 7) is 13.0. The molecular formula is C42H51FO6. The third kappa shape index (κ3) is 10.2. The first-order valence-electron chi connectivity index (χ1n) is 17.6. The number of aliphatic hydroxyl groups excluding tert-OH is 2. The van der Waals surface area contributed by atoms with Crippen molar-refractivity contribution in [2.45, 2.75) is 97.3 Å². The molecule has 1 aliphatic rings. The zero-order chi connectivity index (χ0) is 35.5. The van der Waals surface area contributed by atoms with E-state index in [9.17, 15) is 19.8 Å². The Morgan fingerprint density at radius 2 is 1.37 bits per heavy atom.